The maximum absolute atomic E-state index is 10.2. The summed E-state index contributed by atoms with van der Waals surface area (Å²) in [7, 11) is 0. The van der Waals surface area contributed by atoms with E-state index in [1.165, 1.54) is 6.07 Å². The van der Waals surface area contributed by atoms with Gasteiger partial charge in [0, 0.05) is 12.1 Å². The zero-order chi connectivity index (χ0) is 14.3. The van der Waals surface area contributed by atoms with Crippen LogP contribution in [0.5, 0.6) is 17.2 Å². The molecule has 5 nitrogen and oxygen atoms in total. The van der Waals surface area contributed by atoms with Crippen LogP contribution in [0.3, 0.4) is 0 Å². The van der Waals surface area contributed by atoms with Crippen molar-refractivity contribution < 1.29 is 25.2 Å². The number of benzene rings is 2. The van der Waals surface area contributed by atoms with Crippen molar-refractivity contribution in [2.75, 3.05) is 0 Å². The second-order valence-electron chi connectivity index (χ2n) is 4.76. The maximum Gasteiger partial charge on any atom is 0.152 e. The summed E-state index contributed by atoms with van der Waals surface area (Å²) in [5.41, 5.74) is 0.787. The molecule has 0 bridgehead atoms. The van der Waals surface area contributed by atoms with Gasteiger partial charge in [-0.25, -0.2) is 0 Å². The number of phenols is 2. The Kier molecular flexibility index (Phi) is 3.00. The van der Waals surface area contributed by atoms with Gasteiger partial charge in [0.2, 0.25) is 0 Å². The Bertz CT molecular complexity index is 626. The van der Waals surface area contributed by atoms with E-state index in [9.17, 15) is 20.4 Å². The Morgan fingerprint density at radius 2 is 1.65 bits per heavy atom. The van der Waals surface area contributed by atoms with Gasteiger partial charge in [-0.1, -0.05) is 30.3 Å². The second kappa shape index (κ2) is 4.70. The Balaban J connectivity index is 2.07. The number of rotatable bonds is 1. The summed E-state index contributed by atoms with van der Waals surface area (Å²) in [6.07, 6.45) is -3.26. The van der Waals surface area contributed by atoms with Gasteiger partial charge in [-0.05, 0) is 5.56 Å². The van der Waals surface area contributed by atoms with E-state index in [0.717, 1.165) is 6.07 Å². The molecule has 2 aromatic rings. The Morgan fingerprint density at radius 3 is 2.35 bits per heavy atom. The van der Waals surface area contributed by atoms with Gasteiger partial charge in [0.05, 0.1) is 5.56 Å². The van der Waals surface area contributed by atoms with E-state index in [1.807, 2.05) is 6.07 Å². The fourth-order valence-corrected chi connectivity index (χ4v) is 2.44. The zero-order valence-corrected chi connectivity index (χ0v) is 10.5. The highest BCUT2D eigenvalue weighted by atomic mass is 16.5. The molecule has 5 heteroatoms. The fourth-order valence-electron chi connectivity index (χ4n) is 2.44. The van der Waals surface area contributed by atoms with Crippen molar-refractivity contribution in [1.82, 2.24) is 0 Å². The predicted molar refractivity (Wildman–Crippen MR) is 70.5 cm³/mol. The van der Waals surface area contributed by atoms with Gasteiger partial charge in [0.1, 0.15) is 29.5 Å². The summed E-state index contributed by atoms with van der Waals surface area (Å²) < 4.78 is 5.63. The van der Waals surface area contributed by atoms with Crippen LogP contribution in [0, 0.1) is 0 Å². The lowest BCUT2D eigenvalue weighted by atomic mass is 9.91. The van der Waals surface area contributed by atoms with Gasteiger partial charge in [-0.15, -0.1) is 0 Å². The molecular formula is C15H14O5. The minimum Gasteiger partial charge on any atom is -0.508 e. The molecule has 2 aromatic carbocycles. The van der Waals surface area contributed by atoms with Crippen LogP contribution in [-0.2, 0) is 0 Å². The Labute approximate surface area is 115 Å². The first-order valence-corrected chi connectivity index (χ1v) is 6.21. The largest absolute Gasteiger partial charge is 0.508 e. The number of aromatic hydroxyl groups is 2. The molecule has 3 rings (SSSR count). The smallest absolute Gasteiger partial charge is 0.152 e. The molecule has 0 aliphatic carbocycles. The average molecular weight is 274 g/mol. The van der Waals surface area contributed by atoms with Gasteiger partial charge in [-0.2, -0.15) is 0 Å². The van der Waals surface area contributed by atoms with Crippen molar-refractivity contribution in [3.05, 3.63) is 53.6 Å². The molecule has 20 heavy (non-hydrogen) atoms. The fraction of sp³-hybridized carbons (Fsp3) is 0.200. The highest BCUT2D eigenvalue weighted by molar-refractivity contribution is 5.52. The van der Waals surface area contributed by atoms with Crippen LogP contribution in [-0.4, -0.2) is 26.5 Å². The summed E-state index contributed by atoms with van der Waals surface area (Å²) in [4.78, 5) is 0. The number of hydrogen-bond acceptors (Lipinski definition) is 5. The van der Waals surface area contributed by atoms with Gasteiger partial charge in [-0.3, -0.25) is 0 Å². The first-order chi connectivity index (χ1) is 9.58. The molecule has 104 valence electrons. The molecule has 0 spiro atoms. The Morgan fingerprint density at radius 1 is 0.950 bits per heavy atom. The molecule has 3 unspecified atom stereocenters. The molecule has 1 aliphatic rings. The van der Waals surface area contributed by atoms with E-state index in [0.29, 0.717) is 5.56 Å². The standard InChI is InChI=1S/C15H14O5/c16-9-6-10(17)12-11(7-9)20-15(14(19)13(12)18)8-4-2-1-3-5-8/h1-7,13-19H. The summed E-state index contributed by atoms with van der Waals surface area (Å²) in [5, 5.41) is 39.6. The van der Waals surface area contributed by atoms with Crippen molar-refractivity contribution >= 4 is 0 Å². The molecular weight excluding hydrogens is 260 g/mol. The van der Waals surface area contributed by atoms with Crippen LogP contribution in [0.1, 0.15) is 23.3 Å². The van der Waals surface area contributed by atoms with E-state index in [4.69, 9.17) is 4.74 Å². The summed E-state index contributed by atoms with van der Waals surface area (Å²) in [5.74, 6) is -0.316. The number of aliphatic hydroxyl groups is 2. The second-order valence-corrected chi connectivity index (χ2v) is 4.76. The quantitative estimate of drug-likeness (QED) is 0.634. The number of ether oxygens (including phenoxy) is 1. The minimum absolute atomic E-state index is 0.0856. The van der Waals surface area contributed by atoms with E-state index >= 15 is 0 Å². The van der Waals surface area contributed by atoms with Crippen molar-refractivity contribution in [3.8, 4) is 17.2 Å². The number of phenolic OH excluding ortho intramolecular Hbond substituents is 2. The molecule has 0 amide bonds. The zero-order valence-electron chi connectivity index (χ0n) is 10.5. The molecule has 0 saturated carbocycles. The van der Waals surface area contributed by atoms with Crippen molar-refractivity contribution in [2.45, 2.75) is 18.3 Å². The lowest BCUT2D eigenvalue weighted by Gasteiger charge is -2.34. The molecule has 4 N–H and O–H groups in total. The molecule has 1 aliphatic heterocycles. The van der Waals surface area contributed by atoms with Gasteiger partial charge < -0.3 is 25.2 Å². The summed E-state index contributed by atoms with van der Waals surface area (Å²) in [6.45, 7) is 0. The molecule has 3 atom stereocenters. The summed E-state index contributed by atoms with van der Waals surface area (Å²) >= 11 is 0. The van der Waals surface area contributed by atoms with Crippen molar-refractivity contribution in [3.63, 3.8) is 0 Å². The SMILES string of the molecule is Oc1cc(O)c2c(c1)OC(c1ccccc1)C(O)C2O. The van der Waals surface area contributed by atoms with Gasteiger partial charge in [0.25, 0.3) is 0 Å². The molecule has 0 radical (unpaired) electrons. The average Bonchev–Trinajstić information content (AvgIpc) is 2.43. The molecule has 1 heterocycles. The van der Waals surface area contributed by atoms with Crippen LogP contribution in [0.4, 0.5) is 0 Å². The van der Waals surface area contributed by atoms with Gasteiger partial charge in [0.15, 0.2) is 6.10 Å². The normalized spacial score (nSPS) is 24.8. The van der Waals surface area contributed by atoms with Gasteiger partial charge >= 0.3 is 0 Å². The number of hydrogen-bond donors (Lipinski definition) is 4. The first kappa shape index (κ1) is 12.8. The number of aliphatic hydroxyl groups excluding tert-OH is 2. The topological polar surface area (TPSA) is 90.2 Å². The van der Waals surface area contributed by atoms with E-state index < -0.39 is 18.3 Å². The van der Waals surface area contributed by atoms with Crippen LogP contribution in [0.2, 0.25) is 0 Å². The third kappa shape index (κ3) is 1.97. The van der Waals surface area contributed by atoms with Crippen LogP contribution in [0.25, 0.3) is 0 Å². The van der Waals surface area contributed by atoms with Crippen LogP contribution >= 0.6 is 0 Å². The van der Waals surface area contributed by atoms with Crippen molar-refractivity contribution in [2.24, 2.45) is 0 Å². The summed E-state index contributed by atoms with van der Waals surface area (Å²) in [6, 6.07) is 11.4. The number of fused-ring (bicyclic) bond motifs is 1. The van der Waals surface area contributed by atoms with Crippen molar-refractivity contribution in [1.29, 1.82) is 0 Å². The lowest BCUT2D eigenvalue weighted by Crippen LogP contribution is -2.34. The third-order valence-electron chi connectivity index (χ3n) is 3.42. The van der Waals surface area contributed by atoms with E-state index in [1.54, 1.807) is 24.3 Å². The molecule has 0 aromatic heterocycles. The van der Waals surface area contributed by atoms with Crippen LogP contribution in [0.15, 0.2) is 42.5 Å². The van der Waals surface area contributed by atoms with E-state index in [-0.39, 0.29) is 22.8 Å². The monoisotopic (exact) mass is 274 g/mol. The highest BCUT2D eigenvalue weighted by Gasteiger charge is 2.39. The minimum atomic E-state index is -1.29. The first-order valence-electron chi connectivity index (χ1n) is 6.21. The van der Waals surface area contributed by atoms with Crippen LogP contribution < -0.4 is 4.74 Å². The maximum atomic E-state index is 10.2. The predicted octanol–water partition coefficient (Wildman–Crippen LogP) is 1.63. The Hall–Kier alpha value is -2.24. The lowest BCUT2D eigenvalue weighted by molar-refractivity contribution is -0.0710. The molecule has 0 saturated heterocycles. The third-order valence-corrected chi connectivity index (χ3v) is 3.42. The molecule has 0 fully saturated rings. The van der Waals surface area contributed by atoms with E-state index in [2.05, 4.69) is 0 Å². The highest BCUT2D eigenvalue weighted by Crippen LogP contribution is 2.46.